The maximum Gasteiger partial charge on any atom is 0.407 e. The van der Waals surface area contributed by atoms with Gasteiger partial charge in [0.2, 0.25) is 0 Å². The zero-order valence-corrected chi connectivity index (χ0v) is 30.5. The smallest absolute Gasteiger partial charge is 0.407 e. The second kappa shape index (κ2) is 20.0. The van der Waals surface area contributed by atoms with Gasteiger partial charge in [0.05, 0.1) is 26.7 Å². The molecule has 0 aliphatic rings. The molecule has 0 fully saturated rings. The zero-order chi connectivity index (χ0) is 36.5. The van der Waals surface area contributed by atoms with Crippen LogP contribution in [0.25, 0.3) is 0 Å². The van der Waals surface area contributed by atoms with E-state index in [2.05, 4.69) is 5.32 Å². The lowest BCUT2D eigenvalue weighted by Gasteiger charge is -2.32. The third-order valence-electron chi connectivity index (χ3n) is 6.30. The first-order valence-corrected chi connectivity index (χ1v) is 16.3. The van der Waals surface area contributed by atoms with Crippen LogP contribution in [0.4, 0.5) is 4.79 Å². The number of methoxy groups -OCH3 is 1. The highest BCUT2D eigenvalue weighted by molar-refractivity contribution is 5.78. The number of alkyl carbamates (subject to hydrolysis) is 1. The minimum atomic E-state index is -0.850. The number of amides is 1. The molecule has 0 aliphatic heterocycles. The van der Waals surface area contributed by atoms with Crippen molar-refractivity contribution in [1.29, 1.82) is 0 Å². The van der Waals surface area contributed by atoms with Crippen LogP contribution in [0, 0.1) is 0 Å². The van der Waals surface area contributed by atoms with Crippen LogP contribution >= 0.6 is 0 Å². The van der Waals surface area contributed by atoms with Gasteiger partial charge in [-0.05, 0) is 87.1 Å². The molecule has 272 valence electrons. The van der Waals surface area contributed by atoms with Crippen molar-refractivity contribution in [3.8, 4) is 0 Å². The zero-order valence-electron chi connectivity index (χ0n) is 30.5. The van der Waals surface area contributed by atoms with Gasteiger partial charge in [0.1, 0.15) is 29.5 Å². The quantitative estimate of drug-likeness (QED) is 0.134. The van der Waals surface area contributed by atoms with E-state index in [9.17, 15) is 24.0 Å². The maximum atomic E-state index is 13.1. The van der Waals surface area contributed by atoms with Crippen LogP contribution < -0.4 is 5.32 Å². The molecule has 1 aromatic rings. The average Bonchev–Trinajstić information content (AvgIpc) is 2.93. The molecule has 1 aromatic carbocycles. The van der Waals surface area contributed by atoms with Crippen molar-refractivity contribution in [2.75, 3.05) is 46.4 Å². The van der Waals surface area contributed by atoms with Gasteiger partial charge in [0.15, 0.2) is 0 Å². The highest BCUT2D eigenvalue weighted by atomic mass is 16.6. The standard InChI is InChI=1S/C35H57N3O10/c1-33(2,3)46-28(39)22-37(23-29(40)47-34(4,5)6)20-21-38(24-30(41)48-35(7,8)9)27(31(42)44-10)18-14-15-19-36-32(43)45-25-26-16-12-11-13-17-26/h11-13,16-17,27H,14-15,18-25H2,1-10H3,(H,36,43)/t27-/m0/s1. The monoisotopic (exact) mass is 679 g/mol. The summed E-state index contributed by atoms with van der Waals surface area (Å²) in [6.07, 6.45) is 0.777. The number of rotatable bonds is 18. The van der Waals surface area contributed by atoms with Gasteiger partial charge < -0.3 is 29.0 Å². The molecule has 1 atom stereocenters. The number of nitrogens with one attached hydrogen (secondary N) is 1. The van der Waals surface area contributed by atoms with E-state index >= 15 is 0 Å². The number of benzene rings is 1. The summed E-state index contributed by atoms with van der Waals surface area (Å²) in [6.45, 7) is 15.7. The number of carbonyl (C=O) groups excluding carboxylic acids is 5. The van der Waals surface area contributed by atoms with E-state index in [1.807, 2.05) is 30.3 Å². The molecule has 0 spiro atoms. The van der Waals surface area contributed by atoms with Crippen molar-refractivity contribution >= 4 is 30.0 Å². The summed E-state index contributed by atoms with van der Waals surface area (Å²) in [4.78, 5) is 66.8. The molecule has 0 aromatic heterocycles. The number of carbonyl (C=O) groups is 5. The van der Waals surface area contributed by atoms with Gasteiger partial charge >= 0.3 is 30.0 Å². The van der Waals surface area contributed by atoms with E-state index in [0.717, 1.165) is 5.56 Å². The van der Waals surface area contributed by atoms with Crippen molar-refractivity contribution in [1.82, 2.24) is 15.1 Å². The molecule has 0 unspecified atom stereocenters. The fourth-order valence-electron chi connectivity index (χ4n) is 4.49. The Morgan fingerprint density at radius 3 is 1.69 bits per heavy atom. The van der Waals surface area contributed by atoms with E-state index in [-0.39, 0.29) is 39.3 Å². The minimum absolute atomic E-state index is 0.106. The Hall–Kier alpha value is -3.71. The summed E-state index contributed by atoms with van der Waals surface area (Å²) in [5.74, 6) is -2.18. The summed E-state index contributed by atoms with van der Waals surface area (Å²) in [5, 5.41) is 2.71. The molecule has 13 nitrogen and oxygen atoms in total. The molecular formula is C35H57N3O10. The molecule has 1 amide bonds. The predicted octanol–water partition coefficient (Wildman–Crippen LogP) is 4.25. The van der Waals surface area contributed by atoms with E-state index in [0.29, 0.717) is 25.8 Å². The minimum Gasteiger partial charge on any atom is -0.468 e. The van der Waals surface area contributed by atoms with Crippen molar-refractivity contribution in [3.05, 3.63) is 35.9 Å². The highest BCUT2D eigenvalue weighted by Crippen LogP contribution is 2.15. The first kappa shape index (κ1) is 42.3. The average molecular weight is 680 g/mol. The Morgan fingerprint density at radius 2 is 1.21 bits per heavy atom. The van der Waals surface area contributed by atoms with Gasteiger partial charge in [0.25, 0.3) is 0 Å². The molecule has 0 saturated heterocycles. The fraction of sp³-hybridized carbons (Fsp3) is 0.686. The normalized spacial score (nSPS) is 12.7. The molecular weight excluding hydrogens is 622 g/mol. The molecule has 0 bridgehead atoms. The summed E-state index contributed by atoms with van der Waals surface area (Å²) in [5.41, 5.74) is -1.36. The van der Waals surface area contributed by atoms with Gasteiger partial charge in [-0.3, -0.25) is 29.0 Å². The van der Waals surface area contributed by atoms with Crippen LogP contribution in [0.15, 0.2) is 30.3 Å². The number of ether oxygens (including phenoxy) is 5. The molecule has 1 rings (SSSR count). The predicted molar refractivity (Wildman–Crippen MR) is 180 cm³/mol. The maximum absolute atomic E-state index is 13.1. The van der Waals surface area contributed by atoms with E-state index in [1.165, 1.54) is 7.11 Å². The van der Waals surface area contributed by atoms with Crippen molar-refractivity contribution in [2.45, 2.75) is 111 Å². The Labute approximate surface area is 285 Å². The first-order valence-electron chi connectivity index (χ1n) is 16.3. The molecule has 1 N–H and O–H groups in total. The highest BCUT2D eigenvalue weighted by Gasteiger charge is 2.31. The Bertz CT molecular complexity index is 1140. The molecule has 0 heterocycles. The third-order valence-corrected chi connectivity index (χ3v) is 6.30. The summed E-state index contributed by atoms with van der Waals surface area (Å²) < 4.78 is 26.8. The second-order valence-corrected chi connectivity index (χ2v) is 14.5. The van der Waals surface area contributed by atoms with Crippen molar-refractivity contribution < 1.29 is 47.7 Å². The van der Waals surface area contributed by atoms with Gasteiger partial charge in [-0.15, -0.1) is 0 Å². The largest absolute Gasteiger partial charge is 0.468 e. The molecule has 48 heavy (non-hydrogen) atoms. The van der Waals surface area contributed by atoms with E-state index in [1.54, 1.807) is 72.1 Å². The van der Waals surface area contributed by atoms with Crippen LogP contribution in [0.1, 0.15) is 87.1 Å². The van der Waals surface area contributed by atoms with E-state index in [4.69, 9.17) is 23.7 Å². The topological polar surface area (TPSA) is 150 Å². The molecule has 0 saturated carbocycles. The lowest BCUT2D eigenvalue weighted by Crippen LogP contribution is -2.50. The Balaban J connectivity index is 3.02. The number of nitrogens with zero attached hydrogens (tertiary/aromatic N) is 2. The van der Waals surface area contributed by atoms with Gasteiger partial charge in [-0.2, -0.15) is 0 Å². The van der Waals surface area contributed by atoms with Crippen molar-refractivity contribution in [2.24, 2.45) is 0 Å². The van der Waals surface area contributed by atoms with Crippen LogP contribution in [0.2, 0.25) is 0 Å². The molecule has 0 aliphatic carbocycles. The van der Waals surface area contributed by atoms with Crippen molar-refractivity contribution in [3.63, 3.8) is 0 Å². The Kier molecular flexibility index (Phi) is 17.6. The van der Waals surface area contributed by atoms with E-state index < -0.39 is 52.8 Å². The number of hydrogen-bond donors (Lipinski definition) is 1. The Morgan fingerprint density at radius 1 is 0.708 bits per heavy atom. The molecule has 0 radical (unpaired) electrons. The number of unbranched alkanes of at least 4 members (excludes halogenated alkanes) is 1. The summed E-state index contributed by atoms with van der Waals surface area (Å²) in [7, 11) is 1.27. The van der Waals surface area contributed by atoms with Crippen LogP contribution in [0.5, 0.6) is 0 Å². The third kappa shape index (κ3) is 20.5. The number of esters is 4. The summed E-state index contributed by atoms with van der Waals surface area (Å²) >= 11 is 0. The fourth-order valence-corrected chi connectivity index (χ4v) is 4.49. The lowest BCUT2D eigenvalue weighted by atomic mass is 10.1. The number of hydrogen-bond acceptors (Lipinski definition) is 12. The first-order chi connectivity index (χ1) is 22.2. The van der Waals surface area contributed by atoms with Crippen LogP contribution in [0.3, 0.4) is 0 Å². The van der Waals surface area contributed by atoms with Gasteiger partial charge in [-0.1, -0.05) is 30.3 Å². The second-order valence-electron chi connectivity index (χ2n) is 14.5. The summed E-state index contributed by atoms with van der Waals surface area (Å²) in [6, 6.07) is 8.47. The SMILES string of the molecule is COC(=O)[C@H](CCCCNC(=O)OCc1ccccc1)N(CCN(CC(=O)OC(C)(C)C)CC(=O)OC(C)(C)C)CC(=O)OC(C)(C)C. The lowest BCUT2D eigenvalue weighted by molar-refractivity contribution is -0.163. The van der Waals surface area contributed by atoms with Gasteiger partial charge in [-0.25, -0.2) is 4.79 Å². The van der Waals surface area contributed by atoms with Crippen LogP contribution in [-0.4, -0.2) is 109 Å². The van der Waals surface area contributed by atoms with Crippen LogP contribution in [-0.2, 0) is 49.5 Å². The molecule has 13 heteroatoms. The van der Waals surface area contributed by atoms with Gasteiger partial charge in [0, 0.05) is 19.6 Å².